The lowest BCUT2D eigenvalue weighted by Crippen LogP contribution is -2.50. The minimum atomic E-state index is -3.79. The highest BCUT2D eigenvalue weighted by atomic mass is 32.2. The molecule has 10 heteroatoms. The van der Waals surface area contributed by atoms with Crippen LogP contribution in [0.5, 0.6) is 0 Å². The summed E-state index contributed by atoms with van der Waals surface area (Å²) in [6.45, 7) is 1.43. The first-order valence-corrected chi connectivity index (χ1v) is 10.8. The Bertz CT molecular complexity index is 1130. The van der Waals surface area contributed by atoms with Gasteiger partial charge in [-0.1, -0.05) is 18.2 Å². The van der Waals surface area contributed by atoms with Gasteiger partial charge in [0.1, 0.15) is 18.5 Å². The number of carbonyl (C=O) groups is 1. The molecule has 0 radical (unpaired) electrons. The van der Waals surface area contributed by atoms with Crippen molar-refractivity contribution in [2.45, 2.75) is 11.4 Å². The third-order valence-corrected chi connectivity index (χ3v) is 6.87. The second kappa shape index (κ2) is 8.33. The normalized spacial score (nSPS) is 15.3. The lowest BCUT2D eigenvalue weighted by molar-refractivity contribution is 0.0698. The van der Waals surface area contributed by atoms with Gasteiger partial charge in [-0.25, -0.2) is 22.5 Å². The van der Waals surface area contributed by atoms with E-state index in [0.717, 1.165) is 11.6 Å². The molecule has 2 aromatic carbocycles. The summed E-state index contributed by atoms with van der Waals surface area (Å²) in [7, 11) is -3.79. The van der Waals surface area contributed by atoms with Crippen LogP contribution in [0, 0.1) is 5.82 Å². The highest BCUT2D eigenvalue weighted by Gasteiger charge is 2.30. The molecule has 1 fully saturated rings. The number of aromatic nitrogens is 3. The van der Waals surface area contributed by atoms with E-state index in [4.69, 9.17) is 0 Å². The minimum absolute atomic E-state index is 0.0785. The summed E-state index contributed by atoms with van der Waals surface area (Å²) in [6, 6.07) is 12.2. The van der Waals surface area contributed by atoms with Gasteiger partial charge >= 0.3 is 0 Å². The molecule has 1 amide bonds. The van der Waals surface area contributed by atoms with Gasteiger partial charge in [-0.3, -0.25) is 4.79 Å². The maximum Gasteiger partial charge on any atom is 0.253 e. The number of sulfonamides is 1. The molecule has 1 aliphatic rings. The maximum absolute atomic E-state index is 13.4. The zero-order valence-corrected chi connectivity index (χ0v) is 16.9. The topological polar surface area (TPSA) is 88.4 Å². The standard InChI is InChI=1S/C20H20FN5O3S/c21-18-2-1-3-19(12-18)30(28,29)26-10-8-24(9-11-26)20(27)17-6-4-16(5-7-17)13-25-15-22-14-23-25/h1-7,12,14-15H,8-11,13H2. The Labute approximate surface area is 173 Å². The zero-order valence-electron chi connectivity index (χ0n) is 16.1. The Kier molecular flexibility index (Phi) is 5.60. The summed E-state index contributed by atoms with van der Waals surface area (Å²) in [6.07, 6.45) is 3.09. The quantitative estimate of drug-likeness (QED) is 0.615. The van der Waals surface area contributed by atoms with Crippen LogP contribution in [0.1, 0.15) is 15.9 Å². The van der Waals surface area contributed by atoms with E-state index < -0.39 is 15.8 Å². The lowest BCUT2D eigenvalue weighted by Gasteiger charge is -2.34. The van der Waals surface area contributed by atoms with Crippen molar-refractivity contribution in [3.8, 4) is 0 Å². The van der Waals surface area contributed by atoms with Crippen molar-refractivity contribution in [1.29, 1.82) is 0 Å². The molecule has 8 nitrogen and oxygen atoms in total. The second-order valence-corrected chi connectivity index (χ2v) is 8.88. The monoisotopic (exact) mass is 429 g/mol. The maximum atomic E-state index is 13.4. The van der Waals surface area contributed by atoms with Crippen LogP contribution in [0.15, 0.2) is 66.1 Å². The van der Waals surface area contributed by atoms with Gasteiger partial charge in [-0.2, -0.15) is 9.40 Å². The summed E-state index contributed by atoms with van der Waals surface area (Å²) in [4.78, 5) is 18.2. The Morgan fingerprint density at radius 1 is 1.03 bits per heavy atom. The largest absolute Gasteiger partial charge is 0.336 e. The van der Waals surface area contributed by atoms with Crippen molar-refractivity contribution in [3.63, 3.8) is 0 Å². The summed E-state index contributed by atoms with van der Waals surface area (Å²) >= 11 is 0. The highest BCUT2D eigenvalue weighted by Crippen LogP contribution is 2.19. The van der Waals surface area contributed by atoms with Gasteiger partial charge in [0.2, 0.25) is 10.0 Å². The van der Waals surface area contributed by atoms with Crippen molar-refractivity contribution in [2.24, 2.45) is 0 Å². The fraction of sp³-hybridized carbons (Fsp3) is 0.250. The zero-order chi connectivity index (χ0) is 21.1. The molecular formula is C20H20FN5O3S. The summed E-state index contributed by atoms with van der Waals surface area (Å²) in [5.41, 5.74) is 1.53. The molecule has 2 heterocycles. The average Bonchev–Trinajstić information content (AvgIpc) is 3.27. The van der Waals surface area contributed by atoms with Crippen molar-refractivity contribution < 1.29 is 17.6 Å². The predicted molar refractivity (Wildman–Crippen MR) is 107 cm³/mol. The Morgan fingerprint density at radius 3 is 2.40 bits per heavy atom. The van der Waals surface area contributed by atoms with Gasteiger partial charge in [0.05, 0.1) is 11.4 Å². The number of halogens is 1. The number of nitrogens with zero attached hydrogens (tertiary/aromatic N) is 5. The number of benzene rings is 2. The number of amides is 1. The number of hydrogen-bond donors (Lipinski definition) is 0. The van der Waals surface area contributed by atoms with Gasteiger partial charge in [0.15, 0.2) is 0 Å². The van der Waals surface area contributed by atoms with Crippen molar-refractivity contribution >= 4 is 15.9 Å². The Hall–Kier alpha value is -3.11. The van der Waals surface area contributed by atoms with E-state index in [1.54, 1.807) is 28.0 Å². The van der Waals surface area contributed by atoms with Gasteiger partial charge in [-0.05, 0) is 35.9 Å². The van der Waals surface area contributed by atoms with Crippen LogP contribution in [0.25, 0.3) is 0 Å². The minimum Gasteiger partial charge on any atom is -0.336 e. The third-order valence-electron chi connectivity index (χ3n) is 4.97. The van der Waals surface area contributed by atoms with Crippen LogP contribution < -0.4 is 0 Å². The number of piperazine rings is 1. The van der Waals surface area contributed by atoms with Crippen LogP contribution in [0.4, 0.5) is 4.39 Å². The Morgan fingerprint density at radius 2 is 1.77 bits per heavy atom. The molecular weight excluding hydrogens is 409 g/mol. The third kappa shape index (κ3) is 4.24. The summed E-state index contributed by atoms with van der Waals surface area (Å²) < 4.78 is 41.8. The van der Waals surface area contributed by atoms with E-state index in [-0.39, 0.29) is 37.0 Å². The van der Waals surface area contributed by atoms with Gasteiger partial charge in [-0.15, -0.1) is 0 Å². The number of carbonyl (C=O) groups excluding carboxylic acids is 1. The molecule has 1 saturated heterocycles. The SMILES string of the molecule is O=C(c1ccc(Cn2cncn2)cc1)N1CCN(S(=O)(=O)c2cccc(F)c2)CC1. The van der Waals surface area contributed by atoms with Crippen molar-refractivity contribution in [2.75, 3.05) is 26.2 Å². The molecule has 4 rings (SSSR count). The van der Waals surface area contributed by atoms with E-state index in [0.29, 0.717) is 12.1 Å². The molecule has 30 heavy (non-hydrogen) atoms. The van der Waals surface area contributed by atoms with Crippen LogP contribution in [-0.4, -0.2) is 64.5 Å². The van der Waals surface area contributed by atoms with Crippen LogP contribution in [0.3, 0.4) is 0 Å². The smallest absolute Gasteiger partial charge is 0.253 e. The Balaban J connectivity index is 1.38. The van der Waals surface area contributed by atoms with E-state index in [9.17, 15) is 17.6 Å². The fourth-order valence-electron chi connectivity index (χ4n) is 3.34. The molecule has 0 spiro atoms. The van der Waals surface area contributed by atoms with Crippen molar-refractivity contribution in [1.82, 2.24) is 24.0 Å². The van der Waals surface area contributed by atoms with E-state index in [2.05, 4.69) is 10.1 Å². The highest BCUT2D eigenvalue weighted by molar-refractivity contribution is 7.89. The molecule has 0 bridgehead atoms. The fourth-order valence-corrected chi connectivity index (χ4v) is 4.80. The summed E-state index contributed by atoms with van der Waals surface area (Å²) in [5.74, 6) is -0.748. The first kappa shape index (κ1) is 20.2. The molecule has 1 aromatic heterocycles. The molecule has 0 atom stereocenters. The van der Waals surface area contributed by atoms with E-state index in [1.165, 1.54) is 28.8 Å². The van der Waals surface area contributed by atoms with Crippen LogP contribution >= 0.6 is 0 Å². The molecule has 0 aliphatic carbocycles. The molecule has 0 unspecified atom stereocenters. The molecule has 0 saturated carbocycles. The average molecular weight is 429 g/mol. The van der Waals surface area contributed by atoms with Gasteiger partial charge in [0, 0.05) is 31.7 Å². The van der Waals surface area contributed by atoms with Crippen molar-refractivity contribution in [3.05, 3.63) is 78.1 Å². The lowest BCUT2D eigenvalue weighted by atomic mass is 10.1. The number of rotatable bonds is 5. The van der Waals surface area contributed by atoms with E-state index in [1.807, 2.05) is 12.1 Å². The molecule has 1 aliphatic heterocycles. The second-order valence-electron chi connectivity index (χ2n) is 6.94. The first-order chi connectivity index (χ1) is 14.4. The van der Waals surface area contributed by atoms with Gasteiger partial charge < -0.3 is 4.90 Å². The van der Waals surface area contributed by atoms with Gasteiger partial charge in [0.25, 0.3) is 5.91 Å². The van der Waals surface area contributed by atoms with Crippen LogP contribution in [-0.2, 0) is 16.6 Å². The predicted octanol–water partition coefficient (Wildman–Crippen LogP) is 1.61. The first-order valence-electron chi connectivity index (χ1n) is 9.40. The molecule has 156 valence electrons. The molecule has 0 N–H and O–H groups in total. The number of hydrogen-bond acceptors (Lipinski definition) is 5. The van der Waals surface area contributed by atoms with E-state index >= 15 is 0 Å². The summed E-state index contributed by atoms with van der Waals surface area (Å²) in [5, 5.41) is 4.05. The van der Waals surface area contributed by atoms with Crippen LogP contribution in [0.2, 0.25) is 0 Å². The molecule has 3 aromatic rings.